The summed E-state index contributed by atoms with van der Waals surface area (Å²) in [5.74, 6) is -0.123. The van der Waals surface area contributed by atoms with E-state index in [1.165, 1.54) is 0 Å². The summed E-state index contributed by atoms with van der Waals surface area (Å²) >= 11 is 0. The molecule has 2 aromatic carbocycles. The number of hydrogen-bond acceptors (Lipinski definition) is 2. The first-order chi connectivity index (χ1) is 12.6. The molecule has 0 radical (unpaired) electrons. The van der Waals surface area contributed by atoms with E-state index in [1.54, 1.807) is 4.90 Å². The molecule has 1 atom stereocenters. The van der Waals surface area contributed by atoms with E-state index >= 15 is 0 Å². The van der Waals surface area contributed by atoms with E-state index in [4.69, 9.17) is 0 Å². The molecule has 26 heavy (non-hydrogen) atoms. The number of amides is 2. The minimum atomic E-state index is -0.467. The number of nitrogens with zero attached hydrogens (tertiary/aromatic N) is 1. The molecule has 0 bridgehead atoms. The number of carbonyl (C=O) groups is 2. The van der Waals surface area contributed by atoms with Crippen LogP contribution >= 0.6 is 0 Å². The fourth-order valence-electron chi connectivity index (χ4n) is 3.05. The number of hydrogen-bond donors (Lipinski definition) is 1. The van der Waals surface area contributed by atoms with Crippen LogP contribution in [0.4, 0.5) is 0 Å². The lowest BCUT2D eigenvalue weighted by Crippen LogP contribution is -2.49. The van der Waals surface area contributed by atoms with Crippen LogP contribution in [0.1, 0.15) is 37.0 Å². The van der Waals surface area contributed by atoms with Crippen molar-refractivity contribution in [3.8, 4) is 0 Å². The van der Waals surface area contributed by atoms with Gasteiger partial charge in [-0.05, 0) is 37.0 Å². The van der Waals surface area contributed by atoms with Crippen molar-refractivity contribution in [3.63, 3.8) is 0 Å². The number of benzene rings is 2. The zero-order valence-corrected chi connectivity index (χ0v) is 15.9. The largest absolute Gasteiger partial charge is 0.355 e. The van der Waals surface area contributed by atoms with Gasteiger partial charge in [0.15, 0.2) is 0 Å². The van der Waals surface area contributed by atoms with Gasteiger partial charge in [0.2, 0.25) is 11.8 Å². The Balaban J connectivity index is 2.28. The van der Waals surface area contributed by atoms with Gasteiger partial charge in [0.05, 0.1) is 6.42 Å². The third-order valence-corrected chi connectivity index (χ3v) is 4.54. The van der Waals surface area contributed by atoms with E-state index in [-0.39, 0.29) is 11.8 Å². The van der Waals surface area contributed by atoms with Crippen LogP contribution in [0.3, 0.4) is 0 Å². The fourth-order valence-corrected chi connectivity index (χ4v) is 3.05. The van der Waals surface area contributed by atoms with Crippen molar-refractivity contribution >= 4 is 11.8 Å². The smallest absolute Gasteiger partial charge is 0.242 e. The first kappa shape index (κ1) is 19.7. The lowest BCUT2D eigenvalue weighted by Gasteiger charge is -2.31. The predicted molar refractivity (Wildman–Crippen MR) is 105 cm³/mol. The molecule has 0 saturated carbocycles. The maximum atomic E-state index is 13.1. The van der Waals surface area contributed by atoms with Crippen LogP contribution in [0, 0.1) is 6.92 Å². The van der Waals surface area contributed by atoms with Gasteiger partial charge >= 0.3 is 0 Å². The van der Waals surface area contributed by atoms with E-state index < -0.39 is 6.04 Å². The Labute approximate surface area is 156 Å². The highest BCUT2D eigenvalue weighted by atomic mass is 16.2. The molecule has 1 N–H and O–H groups in total. The van der Waals surface area contributed by atoms with E-state index in [0.717, 1.165) is 16.7 Å². The molecule has 0 unspecified atom stereocenters. The predicted octanol–water partition coefficient (Wildman–Crippen LogP) is 3.48. The lowest BCUT2D eigenvalue weighted by atomic mass is 10.0. The standard InChI is InChI=1S/C22H28N2O2/c1-4-20(22(26)23-5-2)24(16-19-14-10-9-11-17(19)3)21(25)15-18-12-7-6-8-13-18/h6-14,20H,4-5,15-16H2,1-3H3,(H,23,26)/t20-/m0/s1. The maximum absolute atomic E-state index is 13.1. The molecule has 0 aliphatic rings. The molecule has 0 aliphatic carbocycles. The topological polar surface area (TPSA) is 49.4 Å². The van der Waals surface area contributed by atoms with Crippen LogP contribution in [0.2, 0.25) is 0 Å². The molecule has 0 heterocycles. The Bertz CT molecular complexity index is 728. The first-order valence-electron chi connectivity index (χ1n) is 9.22. The molecule has 0 aliphatic heterocycles. The van der Waals surface area contributed by atoms with Crippen LogP contribution in [0.15, 0.2) is 54.6 Å². The highest BCUT2D eigenvalue weighted by Crippen LogP contribution is 2.17. The molecule has 4 heteroatoms. The van der Waals surface area contributed by atoms with Gasteiger partial charge in [-0.1, -0.05) is 61.5 Å². The Kier molecular flexibility index (Phi) is 7.39. The van der Waals surface area contributed by atoms with Crippen LogP contribution in [0.25, 0.3) is 0 Å². The lowest BCUT2D eigenvalue weighted by molar-refractivity contribution is -0.140. The number of aryl methyl sites for hydroxylation is 1. The SMILES string of the molecule is CCNC(=O)[C@H](CC)N(Cc1ccccc1C)C(=O)Cc1ccccc1. The number of rotatable bonds is 8. The normalized spacial score (nSPS) is 11.7. The monoisotopic (exact) mass is 352 g/mol. The zero-order valence-electron chi connectivity index (χ0n) is 15.9. The molecule has 2 amide bonds. The van der Waals surface area contributed by atoms with Gasteiger partial charge in [0.25, 0.3) is 0 Å². The van der Waals surface area contributed by atoms with Crippen LogP contribution in [-0.2, 0) is 22.6 Å². The van der Waals surface area contributed by atoms with Crippen molar-refractivity contribution in [3.05, 3.63) is 71.3 Å². The summed E-state index contributed by atoms with van der Waals surface area (Å²) in [5, 5.41) is 2.86. The maximum Gasteiger partial charge on any atom is 0.242 e. The Hall–Kier alpha value is -2.62. The number of likely N-dealkylation sites (N-methyl/N-ethyl adjacent to an activating group) is 1. The van der Waals surface area contributed by atoms with Crippen LogP contribution in [-0.4, -0.2) is 29.3 Å². The molecule has 0 spiro atoms. The van der Waals surface area contributed by atoms with Crippen molar-refractivity contribution in [2.24, 2.45) is 0 Å². The molecule has 2 aromatic rings. The highest BCUT2D eigenvalue weighted by Gasteiger charge is 2.28. The van der Waals surface area contributed by atoms with E-state index in [2.05, 4.69) is 5.32 Å². The van der Waals surface area contributed by atoms with Crippen molar-refractivity contribution < 1.29 is 9.59 Å². The number of carbonyl (C=O) groups excluding carboxylic acids is 2. The van der Waals surface area contributed by atoms with Gasteiger partial charge in [0, 0.05) is 13.1 Å². The van der Waals surface area contributed by atoms with Crippen molar-refractivity contribution in [1.29, 1.82) is 0 Å². The second kappa shape index (κ2) is 9.76. The van der Waals surface area contributed by atoms with Gasteiger partial charge in [-0.15, -0.1) is 0 Å². The summed E-state index contributed by atoms with van der Waals surface area (Å²) in [4.78, 5) is 27.3. The summed E-state index contributed by atoms with van der Waals surface area (Å²) in [6.45, 7) is 6.86. The Morgan fingerprint density at radius 3 is 2.27 bits per heavy atom. The van der Waals surface area contributed by atoms with Gasteiger partial charge in [-0.2, -0.15) is 0 Å². The Morgan fingerprint density at radius 1 is 1.00 bits per heavy atom. The molecule has 138 valence electrons. The minimum absolute atomic E-state index is 0.0300. The van der Waals surface area contributed by atoms with Crippen LogP contribution < -0.4 is 5.32 Å². The van der Waals surface area contributed by atoms with Crippen molar-refractivity contribution in [2.45, 2.75) is 46.2 Å². The van der Waals surface area contributed by atoms with E-state index in [0.29, 0.717) is 25.9 Å². The van der Waals surface area contributed by atoms with Gasteiger partial charge in [0.1, 0.15) is 6.04 Å². The van der Waals surface area contributed by atoms with Crippen LogP contribution in [0.5, 0.6) is 0 Å². The molecule has 4 nitrogen and oxygen atoms in total. The van der Waals surface area contributed by atoms with Gasteiger partial charge in [-0.25, -0.2) is 0 Å². The van der Waals surface area contributed by atoms with E-state index in [1.807, 2.05) is 75.4 Å². The minimum Gasteiger partial charge on any atom is -0.355 e. The third-order valence-electron chi connectivity index (χ3n) is 4.54. The first-order valence-corrected chi connectivity index (χ1v) is 9.22. The van der Waals surface area contributed by atoms with E-state index in [9.17, 15) is 9.59 Å². The van der Waals surface area contributed by atoms with Gasteiger partial charge in [-0.3, -0.25) is 9.59 Å². The van der Waals surface area contributed by atoms with Crippen molar-refractivity contribution in [2.75, 3.05) is 6.54 Å². The Morgan fingerprint density at radius 2 is 1.65 bits per heavy atom. The molecule has 0 saturated heterocycles. The van der Waals surface area contributed by atoms with Gasteiger partial charge < -0.3 is 10.2 Å². The highest BCUT2D eigenvalue weighted by molar-refractivity contribution is 5.88. The summed E-state index contributed by atoms with van der Waals surface area (Å²) in [7, 11) is 0. The summed E-state index contributed by atoms with van der Waals surface area (Å²) in [6, 6.07) is 17.2. The third kappa shape index (κ3) is 5.19. The zero-order chi connectivity index (χ0) is 18.9. The molecule has 0 aromatic heterocycles. The molecular formula is C22H28N2O2. The molecule has 0 fully saturated rings. The second-order valence-electron chi connectivity index (χ2n) is 6.43. The second-order valence-corrected chi connectivity index (χ2v) is 6.43. The number of nitrogens with one attached hydrogen (secondary N) is 1. The fraction of sp³-hybridized carbons (Fsp3) is 0.364. The molecule has 2 rings (SSSR count). The van der Waals surface area contributed by atoms with Crippen molar-refractivity contribution in [1.82, 2.24) is 10.2 Å². The average molecular weight is 352 g/mol. The average Bonchev–Trinajstić information content (AvgIpc) is 2.64. The summed E-state index contributed by atoms with van der Waals surface area (Å²) < 4.78 is 0. The molecular weight excluding hydrogens is 324 g/mol. The summed E-state index contributed by atoms with van der Waals surface area (Å²) in [6.07, 6.45) is 0.876. The quantitative estimate of drug-likeness (QED) is 0.791. The summed E-state index contributed by atoms with van der Waals surface area (Å²) in [5.41, 5.74) is 3.14.